The van der Waals surface area contributed by atoms with E-state index in [1.165, 1.54) is 12.3 Å². The van der Waals surface area contributed by atoms with Crippen molar-refractivity contribution in [1.29, 1.82) is 0 Å². The fourth-order valence-corrected chi connectivity index (χ4v) is 2.68. The van der Waals surface area contributed by atoms with Crippen LogP contribution in [-0.2, 0) is 23.1 Å². The quantitative estimate of drug-likeness (QED) is 0.870. The molecule has 1 aromatic heterocycles. The van der Waals surface area contributed by atoms with Gasteiger partial charge in [-0.05, 0) is 29.7 Å². The summed E-state index contributed by atoms with van der Waals surface area (Å²) < 4.78 is 26.8. The van der Waals surface area contributed by atoms with Crippen LogP contribution >= 0.6 is 0 Å². The summed E-state index contributed by atoms with van der Waals surface area (Å²) in [5.41, 5.74) is 8.23. The number of pyridine rings is 1. The van der Waals surface area contributed by atoms with Crippen molar-refractivity contribution in [1.82, 2.24) is 9.71 Å². The predicted octanol–water partition coefficient (Wildman–Crippen LogP) is 1.33. The maximum atomic E-state index is 12.1. The molecule has 0 amide bonds. The Hall–Kier alpha value is -1.76. The van der Waals surface area contributed by atoms with Crippen molar-refractivity contribution in [3.8, 4) is 0 Å². The topological polar surface area (TPSA) is 85.1 Å². The van der Waals surface area contributed by atoms with Gasteiger partial charge < -0.3 is 5.73 Å². The van der Waals surface area contributed by atoms with Crippen molar-refractivity contribution in [3.63, 3.8) is 0 Å². The number of nitrogens with one attached hydrogen (secondary N) is 1. The van der Waals surface area contributed by atoms with Crippen molar-refractivity contribution >= 4 is 10.0 Å². The van der Waals surface area contributed by atoms with Crippen molar-refractivity contribution in [3.05, 3.63) is 59.3 Å². The molecule has 6 heteroatoms. The van der Waals surface area contributed by atoms with Crippen molar-refractivity contribution in [2.75, 3.05) is 0 Å². The van der Waals surface area contributed by atoms with E-state index in [0.29, 0.717) is 6.54 Å². The molecule has 5 nitrogen and oxygen atoms in total. The van der Waals surface area contributed by atoms with Gasteiger partial charge >= 0.3 is 0 Å². The molecule has 106 valence electrons. The summed E-state index contributed by atoms with van der Waals surface area (Å²) in [6, 6.07) is 10.8. The SMILES string of the molecule is Cc1ccccc1CNS(=O)(=O)c1ccc(CN)cn1. The third-order valence-corrected chi connectivity index (χ3v) is 4.34. The molecule has 1 heterocycles. The summed E-state index contributed by atoms with van der Waals surface area (Å²) >= 11 is 0. The molecular weight excluding hydrogens is 274 g/mol. The largest absolute Gasteiger partial charge is 0.326 e. The van der Waals surface area contributed by atoms with Gasteiger partial charge in [0.2, 0.25) is 0 Å². The second-order valence-electron chi connectivity index (χ2n) is 4.46. The minimum Gasteiger partial charge on any atom is -0.326 e. The summed E-state index contributed by atoms with van der Waals surface area (Å²) in [7, 11) is -3.60. The standard InChI is InChI=1S/C14H17N3O2S/c1-11-4-2-3-5-13(11)10-17-20(18,19)14-7-6-12(8-15)9-16-14/h2-7,9,17H,8,10,15H2,1H3. The van der Waals surface area contributed by atoms with Gasteiger partial charge in [0.15, 0.2) is 5.03 Å². The van der Waals surface area contributed by atoms with Crippen LogP contribution in [0.15, 0.2) is 47.6 Å². The molecule has 2 rings (SSSR count). The first-order valence-corrected chi connectivity index (χ1v) is 7.70. The van der Waals surface area contributed by atoms with Gasteiger partial charge in [0.25, 0.3) is 10.0 Å². The Bertz CT molecular complexity index is 682. The van der Waals surface area contributed by atoms with Gasteiger partial charge in [0.1, 0.15) is 0 Å². The number of hydrogen-bond acceptors (Lipinski definition) is 4. The lowest BCUT2D eigenvalue weighted by Crippen LogP contribution is -2.24. The molecule has 2 aromatic rings. The van der Waals surface area contributed by atoms with E-state index in [4.69, 9.17) is 5.73 Å². The lowest BCUT2D eigenvalue weighted by Gasteiger charge is -2.08. The van der Waals surface area contributed by atoms with Crippen LogP contribution in [0.25, 0.3) is 0 Å². The van der Waals surface area contributed by atoms with Gasteiger partial charge in [-0.25, -0.2) is 18.1 Å². The lowest BCUT2D eigenvalue weighted by molar-refractivity contribution is 0.577. The summed E-state index contributed by atoms with van der Waals surface area (Å²) in [6.45, 7) is 2.53. The summed E-state index contributed by atoms with van der Waals surface area (Å²) in [5, 5.41) is 0.00304. The second kappa shape index (κ2) is 6.13. The van der Waals surface area contributed by atoms with E-state index < -0.39 is 10.0 Å². The Morgan fingerprint density at radius 1 is 1.20 bits per heavy atom. The third-order valence-electron chi connectivity index (χ3n) is 3.02. The van der Waals surface area contributed by atoms with E-state index >= 15 is 0 Å². The Morgan fingerprint density at radius 2 is 1.95 bits per heavy atom. The third kappa shape index (κ3) is 3.41. The highest BCUT2D eigenvalue weighted by Gasteiger charge is 2.15. The molecule has 0 bridgehead atoms. The number of aromatic nitrogens is 1. The molecule has 0 spiro atoms. The summed E-state index contributed by atoms with van der Waals surface area (Å²) in [4.78, 5) is 3.93. The molecular formula is C14H17N3O2S. The fourth-order valence-electron chi connectivity index (χ4n) is 1.75. The van der Waals surface area contributed by atoms with Gasteiger partial charge in [-0.1, -0.05) is 30.3 Å². The van der Waals surface area contributed by atoms with Crippen LogP contribution in [0.2, 0.25) is 0 Å². The molecule has 0 atom stereocenters. The number of aryl methyl sites for hydroxylation is 1. The number of nitrogens with two attached hydrogens (primary N) is 1. The Balaban J connectivity index is 2.13. The van der Waals surface area contributed by atoms with Gasteiger partial charge in [-0.3, -0.25) is 0 Å². The molecule has 0 unspecified atom stereocenters. The molecule has 0 fully saturated rings. The molecule has 20 heavy (non-hydrogen) atoms. The number of sulfonamides is 1. The zero-order valence-electron chi connectivity index (χ0n) is 11.2. The maximum Gasteiger partial charge on any atom is 0.258 e. The Kier molecular flexibility index (Phi) is 4.49. The smallest absolute Gasteiger partial charge is 0.258 e. The predicted molar refractivity (Wildman–Crippen MR) is 77.3 cm³/mol. The molecule has 0 saturated carbocycles. The second-order valence-corrected chi connectivity index (χ2v) is 6.17. The van der Waals surface area contributed by atoms with Gasteiger partial charge in [-0.2, -0.15) is 0 Å². The lowest BCUT2D eigenvalue weighted by atomic mass is 10.1. The van der Waals surface area contributed by atoms with Gasteiger partial charge in [0.05, 0.1) is 0 Å². The molecule has 0 radical (unpaired) electrons. The van der Waals surface area contributed by atoms with E-state index in [1.807, 2.05) is 31.2 Å². The first kappa shape index (κ1) is 14.6. The average molecular weight is 291 g/mol. The minimum atomic E-state index is -3.60. The number of rotatable bonds is 5. The summed E-state index contributed by atoms with van der Waals surface area (Å²) in [6.07, 6.45) is 1.47. The number of benzene rings is 1. The van der Waals surface area contributed by atoms with E-state index in [9.17, 15) is 8.42 Å². The van der Waals surface area contributed by atoms with Gasteiger partial charge in [0, 0.05) is 19.3 Å². The van der Waals surface area contributed by atoms with Crippen LogP contribution in [0.1, 0.15) is 16.7 Å². The van der Waals surface area contributed by atoms with E-state index in [-0.39, 0.29) is 11.6 Å². The zero-order chi connectivity index (χ0) is 14.6. The first-order chi connectivity index (χ1) is 9.53. The van der Waals surface area contributed by atoms with Crippen molar-refractivity contribution < 1.29 is 8.42 Å². The average Bonchev–Trinajstić information content (AvgIpc) is 2.46. The van der Waals surface area contributed by atoms with E-state index in [2.05, 4.69) is 9.71 Å². The molecule has 0 aliphatic heterocycles. The van der Waals surface area contributed by atoms with Crippen molar-refractivity contribution in [2.24, 2.45) is 5.73 Å². The zero-order valence-corrected chi connectivity index (χ0v) is 12.0. The van der Waals surface area contributed by atoms with Crippen LogP contribution in [0.5, 0.6) is 0 Å². The maximum absolute atomic E-state index is 12.1. The highest BCUT2D eigenvalue weighted by Crippen LogP contribution is 2.10. The summed E-state index contributed by atoms with van der Waals surface area (Å²) in [5.74, 6) is 0. The van der Waals surface area contributed by atoms with Crippen LogP contribution in [0, 0.1) is 6.92 Å². The van der Waals surface area contributed by atoms with Gasteiger partial charge in [-0.15, -0.1) is 0 Å². The number of nitrogens with zero attached hydrogens (tertiary/aromatic N) is 1. The Morgan fingerprint density at radius 3 is 2.55 bits per heavy atom. The molecule has 1 aromatic carbocycles. The minimum absolute atomic E-state index is 0.00304. The van der Waals surface area contributed by atoms with Crippen LogP contribution in [-0.4, -0.2) is 13.4 Å². The van der Waals surface area contributed by atoms with E-state index in [0.717, 1.165) is 16.7 Å². The molecule has 3 N–H and O–H groups in total. The molecule has 0 saturated heterocycles. The van der Waals surface area contributed by atoms with Crippen LogP contribution in [0.4, 0.5) is 0 Å². The molecule has 0 aliphatic carbocycles. The normalized spacial score (nSPS) is 11.5. The highest BCUT2D eigenvalue weighted by atomic mass is 32.2. The van der Waals surface area contributed by atoms with Crippen molar-refractivity contribution in [2.45, 2.75) is 25.0 Å². The molecule has 0 aliphatic rings. The fraction of sp³-hybridized carbons (Fsp3) is 0.214. The number of hydrogen-bond donors (Lipinski definition) is 2. The first-order valence-electron chi connectivity index (χ1n) is 6.22. The van der Waals surface area contributed by atoms with Crippen LogP contribution in [0.3, 0.4) is 0 Å². The highest BCUT2D eigenvalue weighted by molar-refractivity contribution is 7.89. The van der Waals surface area contributed by atoms with Crippen LogP contribution < -0.4 is 10.5 Å². The monoisotopic (exact) mass is 291 g/mol. The Labute approximate surface area is 118 Å². The van der Waals surface area contributed by atoms with E-state index in [1.54, 1.807) is 6.07 Å².